The molecule has 1 aromatic heterocycles. The highest BCUT2D eigenvalue weighted by atomic mass is 35.5. The van der Waals surface area contributed by atoms with Gasteiger partial charge in [0.2, 0.25) is 0 Å². The summed E-state index contributed by atoms with van der Waals surface area (Å²) in [5.74, 6) is 2.63. The van der Waals surface area contributed by atoms with Crippen molar-refractivity contribution in [1.29, 1.82) is 0 Å². The molecule has 1 N–H and O–H groups in total. The number of halogens is 1. The van der Waals surface area contributed by atoms with Crippen molar-refractivity contribution >= 4 is 38.7 Å². The largest absolute Gasteiger partial charge is 0.380 e. The van der Waals surface area contributed by atoms with Crippen molar-refractivity contribution in [2.24, 2.45) is 0 Å². The van der Waals surface area contributed by atoms with Crippen LogP contribution in [0.1, 0.15) is 10.4 Å². The highest BCUT2D eigenvalue weighted by Gasteiger charge is 2.09. The Bertz CT molecular complexity index is 798. The van der Waals surface area contributed by atoms with Crippen LogP contribution in [0.3, 0.4) is 0 Å². The van der Waals surface area contributed by atoms with E-state index in [2.05, 4.69) is 23.4 Å². The van der Waals surface area contributed by atoms with E-state index in [0.29, 0.717) is 6.54 Å². The van der Waals surface area contributed by atoms with E-state index in [1.54, 1.807) is 11.3 Å². The van der Waals surface area contributed by atoms with Gasteiger partial charge in [0.25, 0.3) is 0 Å². The molecule has 20 heavy (non-hydrogen) atoms. The van der Waals surface area contributed by atoms with E-state index in [9.17, 15) is 0 Å². The van der Waals surface area contributed by atoms with E-state index in [-0.39, 0.29) is 0 Å². The van der Waals surface area contributed by atoms with E-state index in [1.165, 1.54) is 4.70 Å². The molecule has 0 aliphatic rings. The summed E-state index contributed by atoms with van der Waals surface area (Å²) in [7, 11) is 0. The third-order valence-electron chi connectivity index (χ3n) is 3.08. The fraction of sp³-hybridized carbons (Fsp3) is 0.0588. The van der Waals surface area contributed by atoms with Crippen molar-refractivity contribution in [3.05, 3.63) is 64.0 Å². The minimum atomic E-state index is 0.701. The molecule has 0 spiro atoms. The number of benzene rings is 2. The van der Waals surface area contributed by atoms with Crippen molar-refractivity contribution in [2.75, 3.05) is 5.32 Å². The summed E-state index contributed by atoms with van der Waals surface area (Å²) in [4.78, 5) is 1.14. The molecule has 98 valence electrons. The molecule has 3 rings (SSSR count). The first-order chi connectivity index (χ1) is 9.78. The predicted octanol–water partition coefficient (Wildman–Crippen LogP) is 5.15. The number of nitrogens with one attached hydrogen (secondary N) is 1. The zero-order valence-corrected chi connectivity index (χ0v) is 12.3. The monoisotopic (exact) mass is 297 g/mol. The minimum absolute atomic E-state index is 0.701. The summed E-state index contributed by atoms with van der Waals surface area (Å²) < 4.78 is 1.21. The number of fused-ring (bicyclic) bond motifs is 1. The second-order valence-corrected chi connectivity index (χ2v) is 5.93. The van der Waals surface area contributed by atoms with E-state index in [4.69, 9.17) is 18.0 Å². The average Bonchev–Trinajstić information content (AvgIpc) is 2.82. The summed E-state index contributed by atoms with van der Waals surface area (Å²) in [6, 6.07) is 16.0. The number of anilines is 1. The van der Waals surface area contributed by atoms with Crippen LogP contribution in [0.25, 0.3) is 10.1 Å². The lowest BCUT2D eigenvalue weighted by atomic mass is 10.2. The molecule has 1 heterocycles. The number of terminal acetylenes is 1. The molecule has 1 nitrogen and oxygen atoms in total. The number of hydrogen-bond acceptors (Lipinski definition) is 2. The smallest absolute Gasteiger partial charge is 0.0642 e. The quantitative estimate of drug-likeness (QED) is 0.659. The van der Waals surface area contributed by atoms with Crippen LogP contribution >= 0.6 is 22.9 Å². The van der Waals surface area contributed by atoms with Gasteiger partial charge < -0.3 is 5.32 Å². The minimum Gasteiger partial charge on any atom is -0.380 e. The van der Waals surface area contributed by atoms with Crippen LogP contribution in [0.2, 0.25) is 5.02 Å². The Hall–Kier alpha value is -1.95. The molecule has 0 fully saturated rings. The van der Waals surface area contributed by atoms with Gasteiger partial charge in [-0.05, 0) is 24.3 Å². The standard InChI is InChI=1S/C17H12ClNS/c1-2-12-6-5-7-13(10-12)19-11-16-17(18)14-8-3-4-9-15(14)20-16/h1,3-10,19H,11H2. The van der Waals surface area contributed by atoms with Crippen LogP contribution in [-0.2, 0) is 6.54 Å². The van der Waals surface area contributed by atoms with Crippen LogP contribution in [0, 0.1) is 12.3 Å². The molecule has 0 unspecified atom stereocenters. The summed E-state index contributed by atoms with van der Waals surface area (Å²) in [6.45, 7) is 0.701. The van der Waals surface area contributed by atoms with Gasteiger partial charge in [0.05, 0.1) is 11.6 Å². The first kappa shape index (κ1) is 13.1. The molecule has 0 saturated carbocycles. The molecule has 0 aliphatic carbocycles. The molecule has 0 amide bonds. The highest BCUT2D eigenvalue weighted by Crippen LogP contribution is 2.35. The molecule has 0 aliphatic heterocycles. The Kier molecular flexibility index (Phi) is 3.64. The Morgan fingerprint density at radius 1 is 1.15 bits per heavy atom. The van der Waals surface area contributed by atoms with Gasteiger partial charge in [0.15, 0.2) is 0 Å². The van der Waals surface area contributed by atoms with Crippen LogP contribution < -0.4 is 5.32 Å². The number of thiophene rings is 1. The number of rotatable bonds is 3. The van der Waals surface area contributed by atoms with Crippen molar-refractivity contribution in [1.82, 2.24) is 0 Å². The third kappa shape index (κ3) is 2.51. The normalized spacial score (nSPS) is 10.4. The Morgan fingerprint density at radius 3 is 2.80 bits per heavy atom. The molecule has 0 bridgehead atoms. The third-order valence-corrected chi connectivity index (χ3v) is 4.80. The second-order valence-electron chi connectivity index (χ2n) is 4.41. The van der Waals surface area contributed by atoms with Gasteiger partial charge in [-0.25, -0.2) is 0 Å². The van der Waals surface area contributed by atoms with Gasteiger partial charge in [0.1, 0.15) is 0 Å². The molecular weight excluding hydrogens is 286 g/mol. The van der Waals surface area contributed by atoms with E-state index in [0.717, 1.165) is 26.5 Å². The van der Waals surface area contributed by atoms with E-state index < -0.39 is 0 Å². The fourth-order valence-corrected chi connectivity index (χ4v) is 3.52. The zero-order chi connectivity index (χ0) is 13.9. The molecular formula is C17H12ClNS. The summed E-state index contributed by atoms with van der Waals surface area (Å²) in [5.41, 5.74) is 1.88. The van der Waals surface area contributed by atoms with Crippen molar-refractivity contribution in [3.8, 4) is 12.3 Å². The van der Waals surface area contributed by atoms with Crippen molar-refractivity contribution in [2.45, 2.75) is 6.54 Å². The number of hydrogen-bond donors (Lipinski definition) is 1. The lowest BCUT2D eigenvalue weighted by Crippen LogP contribution is -1.97. The van der Waals surface area contributed by atoms with Gasteiger partial charge >= 0.3 is 0 Å². The first-order valence-electron chi connectivity index (χ1n) is 6.24. The van der Waals surface area contributed by atoms with E-state index >= 15 is 0 Å². The summed E-state index contributed by atoms with van der Waals surface area (Å²) in [6.07, 6.45) is 5.40. The SMILES string of the molecule is C#Cc1cccc(NCc2sc3ccccc3c2Cl)c1. The molecule has 0 saturated heterocycles. The van der Waals surface area contributed by atoms with Gasteiger partial charge in [0, 0.05) is 26.2 Å². The first-order valence-corrected chi connectivity index (χ1v) is 7.44. The van der Waals surface area contributed by atoms with Crippen LogP contribution in [0.4, 0.5) is 5.69 Å². The van der Waals surface area contributed by atoms with Gasteiger partial charge in [-0.15, -0.1) is 17.8 Å². The topological polar surface area (TPSA) is 12.0 Å². The average molecular weight is 298 g/mol. The maximum absolute atomic E-state index is 6.42. The van der Waals surface area contributed by atoms with Crippen LogP contribution in [0.15, 0.2) is 48.5 Å². The molecule has 3 heteroatoms. The van der Waals surface area contributed by atoms with Gasteiger partial charge in [-0.2, -0.15) is 0 Å². The van der Waals surface area contributed by atoms with Crippen LogP contribution in [-0.4, -0.2) is 0 Å². The summed E-state index contributed by atoms with van der Waals surface area (Å²) in [5, 5.41) is 5.33. The highest BCUT2D eigenvalue weighted by molar-refractivity contribution is 7.19. The Morgan fingerprint density at radius 2 is 2.00 bits per heavy atom. The lowest BCUT2D eigenvalue weighted by Gasteiger charge is -2.05. The second kappa shape index (κ2) is 5.58. The Balaban J connectivity index is 1.83. The Labute approximate surface area is 127 Å². The predicted molar refractivity (Wildman–Crippen MR) is 88.5 cm³/mol. The van der Waals surface area contributed by atoms with Gasteiger partial charge in [-0.1, -0.05) is 41.8 Å². The maximum atomic E-state index is 6.42. The van der Waals surface area contributed by atoms with Crippen molar-refractivity contribution < 1.29 is 0 Å². The molecule has 0 atom stereocenters. The molecule has 0 radical (unpaired) electrons. The fourth-order valence-electron chi connectivity index (χ4n) is 2.08. The van der Waals surface area contributed by atoms with E-state index in [1.807, 2.05) is 36.4 Å². The zero-order valence-electron chi connectivity index (χ0n) is 10.7. The summed E-state index contributed by atoms with van der Waals surface area (Å²) >= 11 is 8.14. The van der Waals surface area contributed by atoms with Crippen molar-refractivity contribution in [3.63, 3.8) is 0 Å². The maximum Gasteiger partial charge on any atom is 0.0642 e. The molecule has 3 aromatic rings. The van der Waals surface area contributed by atoms with Gasteiger partial charge in [-0.3, -0.25) is 0 Å². The van der Waals surface area contributed by atoms with Crippen LogP contribution in [0.5, 0.6) is 0 Å². The lowest BCUT2D eigenvalue weighted by molar-refractivity contribution is 1.19. The molecule has 2 aromatic carbocycles.